The van der Waals surface area contributed by atoms with E-state index in [2.05, 4.69) is 28.3 Å². The molecule has 2 heterocycles. The summed E-state index contributed by atoms with van der Waals surface area (Å²) in [6.07, 6.45) is 3.74. The van der Waals surface area contributed by atoms with Gasteiger partial charge in [-0.3, -0.25) is 4.98 Å². The molecule has 0 saturated carbocycles. The SMILES string of the molecule is CNC1COCC1CN(C)Cc1cccnc1. The molecule has 1 aliphatic heterocycles. The van der Waals surface area contributed by atoms with Crippen LogP contribution in [0.1, 0.15) is 5.56 Å². The second-order valence-corrected chi connectivity index (χ2v) is 4.75. The summed E-state index contributed by atoms with van der Waals surface area (Å²) in [7, 11) is 4.16. The van der Waals surface area contributed by atoms with Crippen molar-refractivity contribution in [1.82, 2.24) is 15.2 Å². The maximum absolute atomic E-state index is 5.51. The Balaban J connectivity index is 1.83. The predicted octanol–water partition coefficient (Wildman–Crippen LogP) is 0.748. The average molecular weight is 235 g/mol. The third kappa shape index (κ3) is 3.49. The molecular weight excluding hydrogens is 214 g/mol. The van der Waals surface area contributed by atoms with Crippen LogP contribution < -0.4 is 5.32 Å². The van der Waals surface area contributed by atoms with Gasteiger partial charge in [0.2, 0.25) is 0 Å². The molecule has 2 rings (SSSR count). The fourth-order valence-electron chi connectivity index (χ4n) is 2.37. The van der Waals surface area contributed by atoms with Gasteiger partial charge >= 0.3 is 0 Å². The largest absolute Gasteiger partial charge is 0.379 e. The van der Waals surface area contributed by atoms with Gasteiger partial charge < -0.3 is 15.0 Å². The number of pyridine rings is 1. The van der Waals surface area contributed by atoms with Crippen molar-refractivity contribution < 1.29 is 4.74 Å². The fraction of sp³-hybridized carbons (Fsp3) is 0.615. The lowest BCUT2D eigenvalue weighted by atomic mass is 10.0. The van der Waals surface area contributed by atoms with E-state index in [1.54, 1.807) is 0 Å². The third-order valence-electron chi connectivity index (χ3n) is 3.29. The van der Waals surface area contributed by atoms with Crippen molar-refractivity contribution in [2.45, 2.75) is 12.6 Å². The van der Waals surface area contributed by atoms with Gasteiger partial charge in [0.15, 0.2) is 0 Å². The lowest BCUT2D eigenvalue weighted by Gasteiger charge is -2.23. The van der Waals surface area contributed by atoms with Gasteiger partial charge in [0.1, 0.15) is 0 Å². The van der Waals surface area contributed by atoms with Crippen LogP contribution in [0.2, 0.25) is 0 Å². The number of nitrogens with one attached hydrogen (secondary N) is 1. The summed E-state index contributed by atoms with van der Waals surface area (Å²) in [4.78, 5) is 6.47. The van der Waals surface area contributed by atoms with Crippen LogP contribution in [0, 0.1) is 5.92 Å². The van der Waals surface area contributed by atoms with Crippen LogP contribution in [0.25, 0.3) is 0 Å². The molecule has 1 aromatic heterocycles. The zero-order valence-corrected chi connectivity index (χ0v) is 10.6. The van der Waals surface area contributed by atoms with E-state index in [1.165, 1.54) is 5.56 Å². The summed E-state index contributed by atoms with van der Waals surface area (Å²) in [6, 6.07) is 4.59. The third-order valence-corrected chi connectivity index (χ3v) is 3.29. The van der Waals surface area contributed by atoms with Crippen molar-refractivity contribution >= 4 is 0 Å². The number of rotatable bonds is 5. The number of ether oxygens (including phenoxy) is 1. The van der Waals surface area contributed by atoms with Crippen LogP contribution >= 0.6 is 0 Å². The Morgan fingerprint density at radius 3 is 3.12 bits per heavy atom. The van der Waals surface area contributed by atoms with Crippen LogP contribution in [0.4, 0.5) is 0 Å². The molecule has 0 aromatic carbocycles. The molecule has 17 heavy (non-hydrogen) atoms. The maximum atomic E-state index is 5.51. The number of aromatic nitrogens is 1. The monoisotopic (exact) mass is 235 g/mol. The minimum absolute atomic E-state index is 0.492. The highest BCUT2D eigenvalue weighted by molar-refractivity contribution is 5.08. The lowest BCUT2D eigenvalue weighted by Crippen LogP contribution is -2.38. The minimum atomic E-state index is 0.492. The molecular formula is C13H21N3O. The average Bonchev–Trinajstić information content (AvgIpc) is 2.77. The van der Waals surface area contributed by atoms with Gasteiger partial charge in [-0.2, -0.15) is 0 Å². The fourth-order valence-corrected chi connectivity index (χ4v) is 2.37. The Hall–Kier alpha value is -0.970. The predicted molar refractivity (Wildman–Crippen MR) is 67.7 cm³/mol. The Morgan fingerprint density at radius 1 is 1.53 bits per heavy atom. The van der Waals surface area contributed by atoms with Crippen molar-refractivity contribution in [3.05, 3.63) is 30.1 Å². The van der Waals surface area contributed by atoms with Gasteiger partial charge in [0.25, 0.3) is 0 Å². The summed E-state index contributed by atoms with van der Waals surface area (Å²) in [5.74, 6) is 0.585. The van der Waals surface area contributed by atoms with Gasteiger partial charge in [0, 0.05) is 37.4 Å². The molecule has 1 aliphatic rings. The standard InChI is InChI=1S/C13H21N3O/c1-14-13-10-17-9-12(13)8-16(2)7-11-4-3-5-15-6-11/h3-6,12-14H,7-10H2,1-2H3. The maximum Gasteiger partial charge on any atom is 0.0623 e. The van der Waals surface area contributed by atoms with Crippen LogP contribution in [-0.2, 0) is 11.3 Å². The van der Waals surface area contributed by atoms with Gasteiger partial charge in [-0.05, 0) is 25.7 Å². The van der Waals surface area contributed by atoms with Crippen LogP contribution in [0.5, 0.6) is 0 Å². The second-order valence-electron chi connectivity index (χ2n) is 4.75. The van der Waals surface area contributed by atoms with Gasteiger partial charge in [-0.1, -0.05) is 6.07 Å². The summed E-state index contributed by atoms with van der Waals surface area (Å²) in [5.41, 5.74) is 1.26. The Kier molecular flexibility index (Phi) is 4.48. The van der Waals surface area contributed by atoms with Crippen molar-refractivity contribution in [2.24, 2.45) is 5.92 Å². The first-order valence-electron chi connectivity index (χ1n) is 6.12. The van der Waals surface area contributed by atoms with Gasteiger partial charge in [-0.25, -0.2) is 0 Å². The Bertz CT molecular complexity index is 331. The molecule has 4 heteroatoms. The summed E-state index contributed by atoms with van der Waals surface area (Å²) < 4.78 is 5.51. The second kappa shape index (κ2) is 6.10. The molecule has 94 valence electrons. The molecule has 0 amide bonds. The Labute approximate surface area is 103 Å². The molecule has 0 aliphatic carbocycles. The molecule has 1 fully saturated rings. The van der Waals surface area contributed by atoms with Crippen molar-refractivity contribution in [2.75, 3.05) is 33.9 Å². The quantitative estimate of drug-likeness (QED) is 0.817. The van der Waals surface area contributed by atoms with E-state index >= 15 is 0 Å². The highest BCUT2D eigenvalue weighted by Gasteiger charge is 2.27. The zero-order chi connectivity index (χ0) is 12.1. The van der Waals surface area contributed by atoms with Crippen molar-refractivity contribution in [3.8, 4) is 0 Å². The molecule has 0 bridgehead atoms. The van der Waals surface area contributed by atoms with E-state index in [9.17, 15) is 0 Å². The Morgan fingerprint density at radius 2 is 2.41 bits per heavy atom. The van der Waals surface area contributed by atoms with Crippen molar-refractivity contribution in [3.63, 3.8) is 0 Å². The van der Waals surface area contributed by atoms with Gasteiger partial charge in [0.05, 0.1) is 13.2 Å². The molecule has 0 spiro atoms. The smallest absolute Gasteiger partial charge is 0.0623 e. The molecule has 1 N–H and O–H groups in total. The molecule has 2 unspecified atom stereocenters. The lowest BCUT2D eigenvalue weighted by molar-refractivity contribution is 0.172. The summed E-state index contributed by atoms with van der Waals surface area (Å²) >= 11 is 0. The first-order chi connectivity index (χ1) is 8.29. The zero-order valence-electron chi connectivity index (χ0n) is 10.6. The first-order valence-corrected chi connectivity index (χ1v) is 6.12. The van der Waals surface area contributed by atoms with Crippen LogP contribution in [0.15, 0.2) is 24.5 Å². The van der Waals surface area contributed by atoms with Crippen LogP contribution in [-0.4, -0.2) is 49.8 Å². The molecule has 2 atom stereocenters. The topological polar surface area (TPSA) is 37.4 Å². The highest BCUT2D eigenvalue weighted by Crippen LogP contribution is 2.15. The molecule has 4 nitrogen and oxygen atoms in total. The van der Waals surface area contributed by atoms with E-state index in [0.29, 0.717) is 12.0 Å². The van der Waals surface area contributed by atoms with E-state index in [0.717, 1.165) is 26.3 Å². The number of nitrogens with zero attached hydrogens (tertiary/aromatic N) is 2. The van der Waals surface area contributed by atoms with Crippen LogP contribution in [0.3, 0.4) is 0 Å². The van der Waals surface area contributed by atoms with E-state index in [-0.39, 0.29) is 0 Å². The van der Waals surface area contributed by atoms with E-state index in [1.807, 2.05) is 25.5 Å². The molecule has 1 saturated heterocycles. The van der Waals surface area contributed by atoms with Crippen molar-refractivity contribution in [1.29, 1.82) is 0 Å². The minimum Gasteiger partial charge on any atom is -0.379 e. The number of likely N-dealkylation sites (N-methyl/N-ethyl adjacent to an activating group) is 1. The highest BCUT2D eigenvalue weighted by atomic mass is 16.5. The molecule has 0 radical (unpaired) electrons. The van der Waals surface area contributed by atoms with E-state index in [4.69, 9.17) is 4.74 Å². The number of hydrogen-bond donors (Lipinski definition) is 1. The summed E-state index contributed by atoms with van der Waals surface area (Å²) in [5, 5.41) is 3.32. The number of hydrogen-bond acceptors (Lipinski definition) is 4. The normalized spacial score (nSPS) is 24.4. The summed E-state index contributed by atoms with van der Waals surface area (Å²) in [6.45, 7) is 3.70. The molecule has 1 aromatic rings. The first kappa shape index (κ1) is 12.5. The van der Waals surface area contributed by atoms with Gasteiger partial charge in [-0.15, -0.1) is 0 Å². The van der Waals surface area contributed by atoms with E-state index < -0.39 is 0 Å².